The Morgan fingerprint density at radius 3 is 2.50 bits per heavy atom. The summed E-state index contributed by atoms with van der Waals surface area (Å²) in [5.74, 6) is -0.991. The van der Waals surface area contributed by atoms with Gasteiger partial charge < -0.3 is 15.7 Å². The van der Waals surface area contributed by atoms with E-state index in [2.05, 4.69) is 4.98 Å². The average Bonchev–Trinajstić information content (AvgIpc) is 2.22. The number of anilines is 1. The van der Waals surface area contributed by atoms with Crippen LogP contribution in [0.5, 0.6) is 0 Å². The third kappa shape index (κ3) is 2.23. The number of alkyl halides is 3. The summed E-state index contributed by atoms with van der Waals surface area (Å²) in [6, 6.07) is 1.71. The van der Waals surface area contributed by atoms with Crippen LogP contribution in [0.4, 0.5) is 19.0 Å². The van der Waals surface area contributed by atoms with Crippen LogP contribution in [0.15, 0.2) is 12.1 Å². The molecular formula is C10H10F3N3O2. The highest BCUT2D eigenvalue weighted by molar-refractivity contribution is 5.97. The smallest absolute Gasteiger partial charge is 0.389 e. The van der Waals surface area contributed by atoms with Crippen LogP contribution in [-0.2, 0) is 6.18 Å². The SMILES string of the molecule is NC(=O)c1ccc(C(F)(F)F)nc1N1CC(O)C1. The monoisotopic (exact) mass is 261 g/mol. The minimum absolute atomic E-state index is 0.0881. The number of hydrogen-bond donors (Lipinski definition) is 2. The van der Waals surface area contributed by atoms with E-state index in [-0.39, 0.29) is 24.5 Å². The fourth-order valence-corrected chi connectivity index (χ4v) is 1.67. The maximum absolute atomic E-state index is 12.5. The molecule has 3 N–H and O–H groups in total. The largest absolute Gasteiger partial charge is 0.433 e. The molecule has 1 fully saturated rings. The Kier molecular flexibility index (Phi) is 2.89. The van der Waals surface area contributed by atoms with E-state index in [1.807, 2.05) is 0 Å². The van der Waals surface area contributed by atoms with Crippen LogP contribution in [0, 0.1) is 0 Å². The maximum Gasteiger partial charge on any atom is 0.433 e. The Hall–Kier alpha value is -1.83. The van der Waals surface area contributed by atoms with Crippen molar-refractivity contribution in [3.8, 4) is 0 Å². The highest BCUT2D eigenvalue weighted by Gasteiger charge is 2.35. The summed E-state index contributed by atoms with van der Waals surface area (Å²) in [5, 5.41) is 9.13. The lowest BCUT2D eigenvalue weighted by atomic mass is 10.1. The number of primary amides is 1. The Balaban J connectivity index is 2.42. The molecule has 0 aliphatic carbocycles. The number of carbonyl (C=O) groups is 1. The van der Waals surface area contributed by atoms with Gasteiger partial charge in [-0.05, 0) is 12.1 Å². The van der Waals surface area contributed by atoms with Crippen LogP contribution in [0.1, 0.15) is 16.1 Å². The van der Waals surface area contributed by atoms with Gasteiger partial charge in [0.05, 0.1) is 11.7 Å². The molecule has 1 amide bonds. The van der Waals surface area contributed by atoms with E-state index in [0.29, 0.717) is 6.07 Å². The van der Waals surface area contributed by atoms with Gasteiger partial charge in [0.15, 0.2) is 0 Å². The van der Waals surface area contributed by atoms with E-state index in [0.717, 1.165) is 6.07 Å². The van der Waals surface area contributed by atoms with Gasteiger partial charge in [-0.1, -0.05) is 0 Å². The zero-order valence-corrected chi connectivity index (χ0v) is 9.11. The predicted octanol–water partition coefficient (Wildman–Crippen LogP) is 0.380. The van der Waals surface area contributed by atoms with Crippen molar-refractivity contribution < 1.29 is 23.1 Å². The first-order chi connectivity index (χ1) is 8.29. The van der Waals surface area contributed by atoms with Gasteiger partial charge in [-0.3, -0.25) is 4.79 Å². The molecule has 2 heterocycles. The molecule has 5 nitrogen and oxygen atoms in total. The van der Waals surface area contributed by atoms with Crippen molar-refractivity contribution >= 4 is 11.7 Å². The fourth-order valence-electron chi connectivity index (χ4n) is 1.67. The summed E-state index contributed by atoms with van der Waals surface area (Å²) < 4.78 is 37.5. The molecule has 0 aromatic carbocycles. The standard InChI is InChI=1S/C10H10F3N3O2/c11-10(12,13)7-2-1-6(8(14)18)9(15-7)16-3-5(17)4-16/h1-2,5,17H,3-4H2,(H2,14,18). The Morgan fingerprint density at radius 1 is 1.44 bits per heavy atom. The average molecular weight is 261 g/mol. The minimum atomic E-state index is -4.59. The van der Waals surface area contributed by atoms with Crippen molar-refractivity contribution in [3.05, 3.63) is 23.4 Å². The number of halogens is 3. The number of rotatable bonds is 2. The Morgan fingerprint density at radius 2 is 2.06 bits per heavy atom. The molecule has 0 radical (unpaired) electrons. The normalized spacial score (nSPS) is 16.6. The highest BCUT2D eigenvalue weighted by atomic mass is 19.4. The number of aliphatic hydroxyl groups excluding tert-OH is 1. The van der Waals surface area contributed by atoms with E-state index < -0.39 is 23.9 Å². The van der Waals surface area contributed by atoms with Gasteiger partial charge >= 0.3 is 6.18 Å². The van der Waals surface area contributed by atoms with E-state index in [4.69, 9.17) is 10.8 Å². The second-order valence-electron chi connectivity index (χ2n) is 3.99. The van der Waals surface area contributed by atoms with Crippen molar-refractivity contribution in [1.82, 2.24) is 4.98 Å². The second kappa shape index (κ2) is 4.13. The van der Waals surface area contributed by atoms with Crippen molar-refractivity contribution in [1.29, 1.82) is 0 Å². The van der Waals surface area contributed by atoms with E-state index in [1.165, 1.54) is 4.90 Å². The molecule has 8 heteroatoms. The van der Waals surface area contributed by atoms with Gasteiger partial charge in [0, 0.05) is 13.1 Å². The van der Waals surface area contributed by atoms with E-state index in [1.54, 1.807) is 0 Å². The summed E-state index contributed by atoms with van der Waals surface area (Å²) in [5.41, 5.74) is 3.89. The molecule has 1 aliphatic heterocycles. The number of nitrogens with two attached hydrogens (primary N) is 1. The fraction of sp³-hybridized carbons (Fsp3) is 0.400. The molecular weight excluding hydrogens is 251 g/mol. The van der Waals surface area contributed by atoms with Gasteiger partial charge in [0.1, 0.15) is 11.5 Å². The summed E-state index contributed by atoms with van der Waals surface area (Å²) in [7, 11) is 0. The molecule has 2 rings (SSSR count). The third-order valence-electron chi connectivity index (χ3n) is 2.59. The highest BCUT2D eigenvalue weighted by Crippen LogP contribution is 2.31. The lowest BCUT2D eigenvalue weighted by Crippen LogP contribution is -2.52. The molecule has 0 unspecified atom stereocenters. The molecule has 1 aromatic rings. The number of aromatic nitrogens is 1. The number of aliphatic hydroxyl groups is 1. The van der Waals surface area contributed by atoms with Gasteiger partial charge in [-0.15, -0.1) is 0 Å². The molecule has 1 aliphatic rings. The molecule has 1 saturated heterocycles. The number of carbonyl (C=O) groups excluding carboxylic acids is 1. The third-order valence-corrected chi connectivity index (χ3v) is 2.59. The zero-order valence-electron chi connectivity index (χ0n) is 9.11. The number of β-amino-alcohol motifs (C(OH)–C–C–N with tert-alkyl or cyclic N) is 1. The lowest BCUT2D eigenvalue weighted by Gasteiger charge is -2.37. The summed E-state index contributed by atoms with van der Waals surface area (Å²) in [6.45, 7) is 0.267. The van der Waals surface area contributed by atoms with Crippen molar-refractivity contribution in [2.45, 2.75) is 12.3 Å². The summed E-state index contributed by atoms with van der Waals surface area (Å²) in [6.07, 6.45) is -5.21. The topological polar surface area (TPSA) is 79.5 Å². The lowest BCUT2D eigenvalue weighted by molar-refractivity contribution is -0.141. The van der Waals surface area contributed by atoms with Crippen LogP contribution in [0.3, 0.4) is 0 Å². The maximum atomic E-state index is 12.5. The van der Waals surface area contributed by atoms with Crippen molar-refractivity contribution in [3.63, 3.8) is 0 Å². The Labute approximate surface area is 100 Å². The quantitative estimate of drug-likeness (QED) is 0.806. The first kappa shape index (κ1) is 12.6. The molecule has 0 bridgehead atoms. The second-order valence-corrected chi connectivity index (χ2v) is 3.99. The van der Waals surface area contributed by atoms with E-state index >= 15 is 0 Å². The number of nitrogens with zero attached hydrogens (tertiary/aromatic N) is 2. The molecule has 0 atom stereocenters. The predicted molar refractivity (Wildman–Crippen MR) is 56.0 cm³/mol. The number of hydrogen-bond acceptors (Lipinski definition) is 4. The molecule has 1 aromatic heterocycles. The molecule has 0 saturated carbocycles. The van der Waals surface area contributed by atoms with Gasteiger partial charge in [0.25, 0.3) is 5.91 Å². The minimum Gasteiger partial charge on any atom is -0.389 e. The van der Waals surface area contributed by atoms with Crippen LogP contribution in [-0.4, -0.2) is 35.2 Å². The number of amides is 1. The van der Waals surface area contributed by atoms with E-state index in [9.17, 15) is 18.0 Å². The van der Waals surface area contributed by atoms with Crippen molar-refractivity contribution in [2.75, 3.05) is 18.0 Å². The Bertz CT molecular complexity index is 484. The van der Waals surface area contributed by atoms with Crippen LogP contribution < -0.4 is 10.6 Å². The van der Waals surface area contributed by atoms with Gasteiger partial charge in [-0.25, -0.2) is 4.98 Å². The molecule has 18 heavy (non-hydrogen) atoms. The molecule has 98 valence electrons. The van der Waals surface area contributed by atoms with Gasteiger partial charge in [-0.2, -0.15) is 13.2 Å². The van der Waals surface area contributed by atoms with Crippen LogP contribution >= 0.6 is 0 Å². The first-order valence-electron chi connectivity index (χ1n) is 5.10. The van der Waals surface area contributed by atoms with Crippen molar-refractivity contribution in [2.24, 2.45) is 5.73 Å². The molecule has 0 spiro atoms. The first-order valence-corrected chi connectivity index (χ1v) is 5.10. The van der Waals surface area contributed by atoms with Crippen LogP contribution in [0.2, 0.25) is 0 Å². The summed E-state index contributed by atoms with van der Waals surface area (Å²) >= 11 is 0. The zero-order chi connectivity index (χ0) is 13.5. The van der Waals surface area contributed by atoms with Crippen LogP contribution in [0.25, 0.3) is 0 Å². The summed E-state index contributed by atoms with van der Waals surface area (Å²) in [4.78, 5) is 15.9. The van der Waals surface area contributed by atoms with Gasteiger partial charge in [0.2, 0.25) is 0 Å². The number of pyridine rings is 1.